The Bertz CT molecular complexity index is 768. The number of furan rings is 1. The van der Waals surface area contributed by atoms with Gasteiger partial charge in [-0.2, -0.15) is 0 Å². The number of aliphatic hydroxyl groups is 1. The second kappa shape index (κ2) is 7.56. The first-order valence-corrected chi connectivity index (χ1v) is 7.65. The van der Waals surface area contributed by atoms with Crippen molar-refractivity contribution in [3.05, 3.63) is 66.4 Å². The molecule has 124 valence electrons. The van der Waals surface area contributed by atoms with Gasteiger partial charge in [0.1, 0.15) is 5.76 Å². The van der Waals surface area contributed by atoms with Crippen LogP contribution in [0.2, 0.25) is 0 Å². The van der Waals surface area contributed by atoms with Crippen LogP contribution in [0, 0.1) is 5.92 Å². The van der Waals surface area contributed by atoms with Crippen molar-refractivity contribution < 1.29 is 14.3 Å². The molecule has 0 bridgehead atoms. The molecular weight excluding hydrogens is 308 g/mol. The molecule has 0 saturated carbocycles. The number of para-hydroxylation sites is 1. The quantitative estimate of drug-likeness (QED) is 0.685. The lowest BCUT2D eigenvalue weighted by Gasteiger charge is -2.12. The topological polar surface area (TPSA) is 93.2 Å². The van der Waals surface area contributed by atoms with Crippen LogP contribution in [0.15, 0.2) is 59.3 Å². The number of benzene rings is 1. The van der Waals surface area contributed by atoms with Crippen LogP contribution in [0.5, 0.6) is 0 Å². The van der Waals surface area contributed by atoms with E-state index < -0.39 is 0 Å². The summed E-state index contributed by atoms with van der Waals surface area (Å²) in [6.45, 7) is 0.284. The van der Waals surface area contributed by atoms with Crippen LogP contribution >= 0.6 is 0 Å². The van der Waals surface area contributed by atoms with Gasteiger partial charge >= 0.3 is 0 Å². The molecule has 3 aromatic rings. The van der Waals surface area contributed by atoms with Gasteiger partial charge in [-0.05, 0) is 24.3 Å². The summed E-state index contributed by atoms with van der Waals surface area (Å²) in [6.07, 6.45) is 3.72. The van der Waals surface area contributed by atoms with E-state index in [0.29, 0.717) is 13.0 Å². The molecule has 0 spiro atoms. The molecule has 2 N–H and O–H groups in total. The molecule has 0 radical (unpaired) electrons. The highest BCUT2D eigenvalue weighted by Gasteiger charge is 2.15. The summed E-state index contributed by atoms with van der Waals surface area (Å²) in [4.78, 5) is 12.2. The molecule has 0 saturated heterocycles. The monoisotopic (exact) mass is 326 g/mol. The van der Waals surface area contributed by atoms with Gasteiger partial charge in [0.2, 0.25) is 0 Å². The molecule has 0 aliphatic heterocycles. The van der Waals surface area contributed by atoms with Crippen LogP contribution in [0.25, 0.3) is 5.69 Å². The summed E-state index contributed by atoms with van der Waals surface area (Å²) in [6, 6.07) is 13.1. The molecule has 3 rings (SSSR count). The Morgan fingerprint density at radius 1 is 1.25 bits per heavy atom. The Morgan fingerprint density at radius 3 is 2.79 bits per heavy atom. The Balaban J connectivity index is 1.58. The summed E-state index contributed by atoms with van der Waals surface area (Å²) < 4.78 is 6.80. The zero-order valence-corrected chi connectivity index (χ0v) is 13.0. The van der Waals surface area contributed by atoms with Gasteiger partial charge in [-0.3, -0.25) is 4.79 Å². The molecule has 7 heteroatoms. The van der Waals surface area contributed by atoms with Crippen molar-refractivity contribution in [1.82, 2.24) is 20.3 Å². The van der Waals surface area contributed by atoms with E-state index in [1.165, 1.54) is 0 Å². The highest BCUT2D eigenvalue weighted by molar-refractivity contribution is 5.91. The van der Waals surface area contributed by atoms with Crippen LogP contribution in [-0.4, -0.2) is 39.2 Å². The Labute approximate surface area is 138 Å². The van der Waals surface area contributed by atoms with Gasteiger partial charge in [-0.15, -0.1) is 5.10 Å². The predicted octanol–water partition coefficient (Wildman–Crippen LogP) is 1.44. The maximum Gasteiger partial charge on any atom is 0.273 e. The van der Waals surface area contributed by atoms with Crippen molar-refractivity contribution >= 4 is 5.91 Å². The summed E-state index contributed by atoms with van der Waals surface area (Å²) in [5.41, 5.74) is 1.06. The van der Waals surface area contributed by atoms with Gasteiger partial charge < -0.3 is 14.8 Å². The number of aliphatic hydroxyl groups excluding tert-OH is 1. The summed E-state index contributed by atoms with van der Waals surface area (Å²) in [5.74, 6) is 0.331. The Morgan fingerprint density at radius 2 is 2.08 bits per heavy atom. The van der Waals surface area contributed by atoms with Crippen LogP contribution in [0.4, 0.5) is 0 Å². The summed E-state index contributed by atoms with van der Waals surface area (Å²) in [5, 5.41) is 20.1. The van der Waals surface area contributed by atoms with E-state index in [0.717, 1.165) is 11.4 Å². The van der Waals surface area contributed by atoms with Crippen molar-refractivity contribution in [3.63, 3.8) is 0 Å². The fourth-order valence-electron chi connectivity index (χ4n) is 2.32. The lowest BCUT2D eigenvalue weighted by molar-refractivity contribution is 0.0934. The van der Waals surface area contributed by atoms with Crippen molar-refractivity contribution in [2.45, 2.75) is 6.42 Å². The number of amides is 1. The van der Waals surface area contributed by atoms with E-state index in [2.05, 4.69) is 15.6 Å². The van der Waals surface area contributed by atoms with Gasteiger partial charge in [-0.1, -0.05) is 23.4 Å². The molecule has 1 aromatic carbocycles. The van der Waals surface area contributed by atoms with E-state index in [-0.39, 0.29) is 24.1 Å². The SMILES string of the molecule is O=C(NC[C@H](CO)Cc1ccco1)c1cn(-c2ccccc2)nn1. The number of nitrogens with zero attached hydrogens (tertiary/aromatic N) is 3. The van der Waals surface area contributed by atoms with Crippen molar-refractivity contribution in [3.8, 4) is 5.69 Å². The number of carbonyl (C=O) groups excluding carboxylic acids is 1. The molecular formula is C17H18N4O3. The molecule has 1 atom stereocenters. The minimum Gasteiger partial charge on any atom is -0.469 e. The van der Waals surface area contributed by atoms with Crippen LogP contribution in [-0.2, 0) is 6.42 Å². The average Bonchev–Trinajstić information content (AvgIpc) is 3.31. The third kappa shape index (κ3) is 3.88. The third-order valence-electron chi connectivity index (χ3n) is 3.63. The average molecular weight is 326 g/mol. The maximum atomic E-state index is 12.2. The molecule has 0 aliphatic rings. The molecule has 24 heavy (non-hydrogen) atoms. The van der Waals surface area contributed by atoms with Gasteiger partial charge in [0.15, 0.2) is 5.69 Å². The number of hydrogen-bond acceptors (Lipinski definition) is 5. The first kappa shape index (κ1) is 15.9. The highest BCUT2D eigenvalue weighted by atomic mass is 16.3. The highest BCUT2D eigenvalue weighted by Crippen LogP contribution is 2.09. The Kier molecular flexibility index (Phi) is 5.02. The molecule has 0 aliphatic carbocycles. The normalized spacial score (nSPS) is 12.0. The molecule has 0 fully saturated rings. The van der Waals surface area contributed by atoms with Crippen molar-refractivity contribution in [2.75, 3.05) is 13.2 Å². The third-order valence-corrected chi connectivity index (χ3v) is 3.63. The summed E-state index contributed by atoms with van der Waals surface area (Å²) >= 11 is 0. The standard InChI is InChI=1S/C17H18N4O3/c22-12-13(9-15-7-4-8-24-15)10-18-17(23)16-11-21(20-19-16)14-5-2-1-3-6-14/h1-8,11,13,22H,9-10,12H2,(H,18,23)/t13-/m1/s1. The van der Waals surface area contributed by atoms with E-state index in [1.54, 1.807) is 23.2 Å². The second-order valence-corrected chi connectivity index (χ2v) is 5.43. The van der Waals surface area contributed by atoms with Gasteiger partial charge in [0.25, 0.3) is 5.91 Å². The van der Waals surface area contributed by atoms with Crippen molar-refractivity contribution in [2.24, 2.45) is 5.92 Å². The minimum atomic E-state index is -0.324. The van der Waals surface area contributed by atoms with Crippen molar-refractivity contribution in [1.29, 1.82) is 0 Å². The molecule has 2 heterocycles. The number of rotatable bonds is 7. The first-order chi connectivity index (χ1) is 11.8. The van der Waals surface area contributed by atoms with Gasteiger partial charge in [0.05, 0.1) is 18.1 Å². The molecule has 7 nitrogen and oxygen atoms in total. The van der Waals surface area contributed by atoms with E-state index >= 15 is 0 Å². The summed E-state index contributed by atoms with van der Waals surface area (Å²) in [7, 11) is 0. The maximum absolute atomic E-state index is 12.2. The molecule has 0 unspecified atom stereocenters. The number of hydrogen-bond donors (Lipinski definition) is 2. The van der Waals surface area contributed by atoms with Gasteiger partial charge in [0, 0.05) is 25.5 Å². The molecule has 2 aromatic heterocycles. The van der Waals surface area contributed by atoms with Crippen LogP contribution < -0.4 is 5.32 Å². The fraction of sp³-hybridized carbons (Fsp3) is 0.235. The van der Waals surface area contributed by atoms with E-state index in [1.807, 2.05) is 36.4 Å². The largest absolute Gasteiger partial charge is 0.469 e. The minimum absolute atomic E-state index is 0.0440. The predicted molar refractivity (Wildman–Crippen MR) is 86.7 cm³/mol. The number of carbonyl (C=O) groups is 1. The van der Waals surface area contributed by atoms with Crippen LogP contribution in [0.1, 0.15) is 16.2 Å². The lowest BCUT2D eigenvalue weighted by Crippen LogP contribution is -2.32. The molecule has 1 amide bonds. The van der Waals surface area contributed by atoms with E-state index in [9.17, 15) is 9.90 Å². The second-order valence-electron chi connectivity index (χ2n) is 5.43. The number of aromatic nitrogens is 3. The van der Waals surface area contributed by atoms with Crippen LogP contribution in [0.3, 0.4) is 0 Å². The number of nitrogens with one attached hydrogen (secondary N) is 1. The fourth-order valence-corrected chi connectivity index (χ4v) is 2.32. The van der Waals surface area contributed by atoms with Gasteiger partial charge in [-0.25, -0.2) is 4.68 Å². The lowest BCUT2D eigenvalue weighted by atomic mass is 10.1. The first-order valence-electron chi connectivity index (χ1n) is 7.65. The Hall–Kier alpha value is -2.93. The zero-order valence-electron chi connectivity index (χ0n) is 13.0. The zero-order chi connectivity index (χ0) is 16.8. The van der Waals surface area contributed by atoms with E-state index in [4.69, 9.17) is 4.42 Å². The smallest absolute Gasteiger partial charge is 0.273 e.